The molecule has 78 valence electrons. The van der Waals surface area contributed by atoms with E-state index in [9.17, 15) is 4.21 Å². The van der Waals surface area contributed by atoms with E-state index in [-0.39, 0.29) is 6.61 Å². The topological polar surface area (TPSA) is 63.3 Å². The van der Waals surface area contributed by atoms with Crippen molar-refractivity contribution < 1.29 is 9.32 Å². The van der Waals surface area contributed by atoms with Crippen LogP contribution in [0.15, 0.2) is 23.1 Å². The number of aliphatic hydroxyl groups is 1. The van der Waals surface area contributed by atoms with Gasteiger partial charge in [0.1, 0.15) is 11.0 Å². The molecule has 0 amide bonds. The molecule has 0 radical (unpaired) electrons. The van der Waals surface area contributed by atoms with E-state index >= 15 is 0 Å². The van der Waals surface area contributed by atoms with Gasteiger partial charge in [0, 0.05) is 0 Å². The van der Waals surface area contributed by atoms with Gasteiger partial charge in [-0.15, -0.1) is 0 Å². The Morgan fingerprint density at radius 2 is 2.14 bits per heavy atom. The fraction of sp³-hybridized carbons (Fsp3) is 0.400. The van der Waals surface area contributed by atoms with Crippen LogP contribution in [-0.4, -0.2) is 9.32 Å². The molecule has 0 saturated carbocycles. The summed E-state index contributed by atoms with van der Waals surface area (Å²) in [5.41, 5.74) is 1.87. The van der Waals surface area contributed by atoms with Gasteiger partial charge < -0.3 is 5.11 Å². The second-order valence-electron chi connectivity index (χ2n) is 3.47. The van der Waals surface area contributed by atoms with Gasteiger partial charge in [-0.2, -0.15) is 0 Å². The molecular weight excluding hydrogens is 198 g/mol. The molecule has 0 heterocycles. The summed E-state index contributed by atoms with van der Waals surface area (Å²) >= 11 is 0. The smallest absolute Gasteiger partial charge is 0.122 e. The lowest BCUT2D eigenvalue weighted by molar-refractivity contribution is 0.280. The zero-order chi connectivity index (χ0) is 10.7. The second kappa shape index (κ2) is 4.68. The van der Waals surface area contributed by atoms with Gasteiger partial charge in [0.2, 0.25) is 0 Å². The average Bonchev–Trinajstić information content (AvgIpc) is 2.16. The number of hydrogen-bond donors (Lipinski definition) is 2. The number of rotatable bonds is 3. The lowest BCUT2D eigenvalue weighted by Gasteiger charge is -2.11. The highest BCUT2D eigenvalue weighted by molar-refractivity contribution is 7.82. The molecule has 1 atom stereocenters. The summed E-state index contributed by atoms with van der Waals surface area (Å²) in [6.45, 7) is 4.06. The van der Waals surface area contributed by atoms with Crippen LogP contribution in [0.3, 0.4) is 0 Å². The second-order valence-corrected chi connectivity index (χ2v) is 4.54. The molecule has 0 aromatic heterocycles. The van der Waals surface area contributed by atoms with E-state index in [2.05, 4.69) is 0 Å². The minimum absolute atomic E-state index is 0.0431. The molecule has 1 unspecified atom stereocenters. The molecule has 3 N–H and O–H groups in total. The minimum atomic E-state index is -1.47. The van der Waals surface area contributed by atoms with Crippen LogP contribution in [0.4, 0.5) is 0 Å². The Balaban J connectivity index is 3.18. The fourth-order valence-corrected chi connectivity index (χ4v) is 1.87. The van der Waals surface area contributed by atoms with Crippen LogP contribution in [0.5, 0.6) is 0 Å². The Bertz CT molecular complexity index is 350. The van der Waals surface area contributed by atoms with Crippen molar-refractivity contribution in [3.8, 4) is 0 Å². The predicted molar refractivity (Wildman–Crippen MR) is 57.0 cm³/mol. The maximum Gasteiger partial charge on any atom is 0.122 e. The number of benzene rings is 1. The maximum atomic E-state index is 11.0. The van der Waals surface area contributed by atoms with Gasteiger partial charge in [-0.25, -0.2) is 9.35 Å². The molecule has 1 aromatic rings. The molecule has 4 heteroatoms. The Hall–Kier alpha value is -0.710. The molecule has 0 aliphatic carbocycles. The first-order valence-electron chi connectivity index (χ1n) is 4.46. The van der Waals surface area contributed by atoms with Crippen molar-refractivity contribution in [2.45, 2.75) is 31.3 Å². The predicted octanol–water partition coefficient (Wildman–Crippen LogP) is 1.28. The van der Waals surface area contributed by atoms with Gasteiger partial charge >= 0.3 is 0 Å². The van der Waals surface area contributed by atoms with E-state index < -0.39 is 11.0 Å². The molecule has 0 saturated heterocycles. The normalized spacial score (nSPS) is 13.2. The zero-order valence-corrected chi connectivity index (χ0v) is 9.17. The summed E-state index contributed by atoms with van der Waals surface area (Å²) in [5, 5.41) is 14.4. The van der Waals surface area contributed by atoms with E-state index in [1.165, 1.54) is 0 Å². The van der Waals surface area contributed by atoms with E-state index in [1.54, 1.807) is 12.1 Å². The number of aliphatic hydroxyl groups excluding tert-OH is 1. The van der Waals surface area contributed by atoms with E-state index in [0.717, 1.165) is 11.1 Å². The summed E-state index contributed by atoms with van der Waals surface area (Å²) in [4.78, 5) is 0.554. The molecule has 14 heavy (non-hydrogen) atoms. The van der Waals surface area contributed by atoms with Crippen LogP contribution in [0.25, 0.3) is 0 Å². The van der Waals surface area contributed by atoms with Crippen LogP contribution >= 0.6 is 0 Å². The van der Waals surface area contributed by atoms with E-state index in [1.807, 2.05) is 19.9 Å². The molecule has 0 bridgehead atoms. The molecule has 0 fully saturated rings. The maximum absolute atomic E-state index is 11.0. The quantitative estimate of drug-likeness (QED) is 0.794. The van der Waals surface area contributed by atoms with Gasteiger partial charge in [0.05, 0.1) is 11.5 Å². The van der Waals surface area contributed by atoms with Crippen LogP contribution in [0.2, 0.25) is 0 Å². The van der Waals surface area contributed by atoms with Gasteiger partial charge in [-0.1, -0.05) is 19.9 Å². The van der Waals surface area contributed by atoms with Crippen molar-refractivity contribution in [3.05, 3.63) is 29.3 Å². The first kappa shape index (κ1) is 11.4. The largest absolute Gasteiger partial charge is 0.392 e. The molecular formula is C10H15NO2S. The summed E-state index contributed by atoms with van der Waals surface area (Å²) < 4.78 is 11.0. The Labute approximate surface area is 86.5 Å². The van der Waals surface area contributed by atoms with Gasteiger partial charge in [0.15, 0.2) is 0 Å². The van der Waals surface area contributed by atoms with Gasteiger partial charge in [0.25, 0.3) is 0 Å². The Morgan fingerprint density at radius 3 is 2.57 bits per heavy atom. The van der Waals surface area contributed by atoms with Crippen molar-refractivity contribution in [3.63, 3.8) is 0 Å². The zero-order valence-electron chi connectivity index (χ0n) is 8.36. The van der Waals surface area contributed by atoms with Crippen molar-refractivity contribution in [2.75, 3.05) is 0 Å². The highest BCUT2D eigenvalue weighted by Gasteiger charge is 2.08. The SMILES string of the molecule is CC(C)c1ccc(S(N)=O)cc1CO. The van der Waals surface area contributed by atoms with Crippen molar-refractivity contribution in [1.29, 1.82) is 0 Å². The standard InChI is InChI=1S/C10H15NO2S/c1-7(2)10-4-3-9(14(11)13)5-8(10)6-12/h3-5,7,12H,6,11H2,1-2H3. The first-order chi connectivity index (χ1) is 6.56. The fourth-order valence-electron chi connectivity index (χ4n) is 1.41. The lowest BCUT2D eigenvalue weighted by Crippen LogP contribution is -2.05. The lowest BCUT2D eigenvalue weighted by atomic mass is 9.98. The highest BCUT2D eigenvalue weighted by Crippen LogP contribution is 2.21. The summed E-state index contributed by atoms with van der Waals surface area (Å²) in [6.07, 6.45) is 0. The molecule has 0 aliphatic heterocycles. The highest BCUT2D eigenvalue weighted by atomic mass is 32.2. The molecule has 1 aromatic carbocycles. The molecule has 0 aliphatic rings. The minimum Gasteiger partial charge on any atom is -0.392 e. The Kier molecular flexibility index (Phi) is 3.80. The molecule has 0 spiro atoms. The summed E-state index contributed by atoms with van der Waals surface area (Å²) in [6, 6.07) is 5.31. The number of nitrogens with two attached hydrogens (primary N) is 1. The van der Waals surface area contributed by atoms with Crippen LogP contribution < -0.4 is 5.14 Å². The molecule has 1 rings (SSSR count). The van der Waals surface area contributed by atoms with Crippen molar-refractivity contribution in [2.24, 2.45) is 5.14 Å². The third-order valence-electron chi connectivity index (χ3n) is 2.14. The molecule has 3 nitrogen and oxygen atoms in total. The first-order valence-corrected chi connectivity index (χ1v) is 5.67. The van der Waals surface area contributed by atoms with Gasteiger partial charge in [-0.3, -0.25) is 0 Å². The average molecular weight is 213 g/mol. The van der Waals surface area contributed by atoms with Crippen LogP contribution in [0.1, 0.15) is 30.9 Å². The van der Waals surface area contributed by atoms with Crippen LogP contribution in [0, 0.1) is 0 Å². The summed E-state index contributed by atoms with van der Waals surface area (Å²) in [7, 11) is -1.47. The monoisotopic (exact) mass is 213 g/mol. The third-order valence-corrected chi connectivity index (χ3v) is 2.86. The van der Waals surface area contributed by atoms with Gasteiger partial charge in [-0.05, 0) is 29.2 Å². The van der Waals surface area contributed by atoms with Crippen LogP contribution in [-0.2, 0) is 17.6 Å². The summed E-state index contributed by atoms with van der Waals surface area (Å²) in [5.74, 6) is 0.345. The van der Waals surface area contributed by atoms with Crippen molar-refractivity contribution in [1.82, 2.24) is 0 Å². The Morgan fingerprint density at radius 1 is 1.50 bits per heavy atom. The van der Waals surface area contributed by atoms with E-state index in [0.29, 0.717) is 10.8 Å². The van der Waals surface area contributed by atoms with Crippen molar-refractivity contribution >= 4 is 11.0 Å². The number of hydrogen-bond acceptors (Lipinski definition) is 2. The third kappa shape index (κ3) is 2.41. The van der Waals surface area contributed by atoms with E-state index in [4.69, 9.17) is 10.2 Å².